The second-order valence-corrected chi connectivity index (χ2v) is 12.2. The summed E-state index contributed by atoms with van der Waals surface area (Å²) in [5.41, 5.74) is -2.20. The molecule has 0 aliphatic carbocycles. The molecule has 1 saturated heterocycles. The van der Waals surface area contributed by atoms with Crippen LogP contribution in [0.1, 0.15) is 58.4 Å². The van der Waals surface area contributed by atoms with Gasteiger partial charge in [0.2, 0.25) is 5.91 Å². The summed E-state index contributed by atoms with van der Waals surface area (Å²) in [5.74, 6) is -1.22. The van der Waals surface area contributed by atoms with E-state index in [1.807, 2.05) is 18.2 Å². The van der Waals surface area contributed by atoms with Crippen LogP contribution in [-0.2, 0) is 23.7 Å². The largest absolute Gasteiger partial charge is 0.416 e. The first-order valence-corrected chi connectivity index (χ1v) is 15.7. The van der Waals surface area contributed by atoms with Crippen molar-refractivity contribution in [2.75, 3.05) is 32.7 Å². The normalized spacial score (nSPS) is 15.3. The van der Waals surface area contributed by atoms with E-state index in [9.17, 15) is 35.9 Å². The lowest BCUT2D eigenvalue weighted by atomic mass is 10.0. The number of alkyl halides is 6. The van der Waals surface area contributed by atoms with Crippen LogP contribution in [-0.4, -0.2) is 60.4 Å². The first-order valence-electron chi connectivity index (χ1n) is 14.9. The van der Waals surface area contributed by atoms with Gasteiger partial charge < -0.3 is 15.5 Å². The maximum absolute atomic E-state index is 13.3. The fraction of sp³-hybridized carbons (Fsp3) is 0.394. The Morgan fingerprint density at radius 2 is 1.51 bits per heavy atom. The first-order chi connectivity index (χ1) is 22.1. The van der Waals surface area contributed by atoms with E-state index in [0.717, 1.165) is 32.5 Å². The summed E-state index contributed by atoms with van der Waals surface area (Å²) in [7, 11) is 0. The van der Waals surface area contributed by atoms with E-state index in [0.29, 0.717) is 24.2 Å². The van der Waals surface area contributed by atoms with Crippen LogP contribution in [0.3, 0.4) is 0 Å². The van der Waals surface area contributed by atoms with Crippen molar-refractivity contribution >= 4 is 35.0 Å². The molecule has 1 heterocycles. The van der Waals surface area contributed by atoms with E-state index >= 15 is 0 Å². The van der Waals surface area contributed by atoms with Gasteiger partial charge in [0.25, 0.3) is 5.91 Å². The van der Waals surface area contributed by atoms with Gasteiger partial charge in [-0.25, -0.2) is 0 Å². The van der Waals surface area contributed by atoms with Gasteiger partial charge in [0.05, 0.1) is 21.2 Å². The summed E-state index contributed by atoms with van der Waals surface area (Å²) >= 11 is 12.3. The fourth-order valence-corrected chi connectivity index (χ4v) is 5.91. The highest BCUT2D eigenvalue weighted by Gasteiger charge is 2.37. The second-order valence-electron chi connectivity index (χ2n) is 11.4. The van der Waals surface area contributed by atoms with E-state index in [-0.39, 0.29) is 41.2 Å². The van der Waals surface area contributed by atoms with E-state index in [4.69, 9.17) is 23.2 Å². The molecule has 3 aromatic carbocycles. The molecule has 0 radical (unpaired) electrons. The smallest absolute Gasteiger partial charge is 0.350 e. The molecular weight excluding hydrogens is 669 g/mol. The van der Waals surface area contributed by atoms with Crippen molar-refractivity contribution in [1.82, 2.24) is 20.4 Å². The number of carbonyl (C=O) groups excluding carboxylic acids is 2. The van der Waals surface area contributed by atoms with Gasteiger partial charge in [-0.3, -0.25) is 14.5 Å². The van der Waals surface area contributed by atoms with Crippen molar-refractivity contribution in [2.24, 2.45) is 0 Å². The predicted molar refractivity (Wildman–Crippen MR) is 168 cm³/mol. The zero-order valence-corrected chi connectivity index (χ0v) is 26.9. The maximum atomic E-state index is 13.3. The highest BCUT2D eigenvalue weighted by Crippen LogP contribution is 2.36. The minimum Gasteiger partial charge on any atom is -0.350 e. The van der Waals surface area contributed by atoms with Gasteiger partial charge in [-0.2, -0.15) is 26.3 Å². The molecule has 254 valence electrons. The molecule has 1 fully saturated rings. The summed E-state index contributed by atoms with van der Waals surface area (Å²) in [6.45, 7) is 4.34. The van der Waals surface area contributed by atoms with Gasteiger partial charge >= 0.3 is 12.4 Å². The van der Waals surface area contributed by atoms with E-state index in [1.165, 1.54) is 18.6 Å². The summed E-state index contributed by atoms with van der Waals surface area (Å²) in [6, 6.07) is 14.9. The van der Waals surface area contributed by atoms with Gasteiger partial charge in [-0.1, -0.05) is 59.6 Å². The van der Waals surface area contributed by atoms with Gasteiger partial charge in [0, 0.05) is 63.8 Å². The molecule has 1 atom stereocenters. The lowest BCUT2D eigenvalue weighted by Gasteiger charge is -2.38. The molecule has 1 aliphatic rings. The number of piperidine rings is 1. The third-order valence-electron chi connectivity index (χ3n) is 8.06. The van der Waals surface area contributed by atoms with E-state index < -0.39 is 41.0 Å². The minimum atomic E-state index is -5.10. The molecular formula is C33H34Cl2F6N4O2. The number of benzene rings is 3. The third-order valence-corrected chi connectivity index (χ3v) is 8.80. The lowest BCUT2D eigenvalue weighted by Crippen LogP contribution is -2.49. The van der Waals surface area contributed by atoms with E-state index in [1.54, 1.807) is 17.0 Å². The number of hydrogen-bond donors (Lipinski definition) is 2. The molecule has 0 bridgehead atoms. The van der Waals surface area contributed by atoms with E-state index in [2.05, 4.69) is 27.7 Å². The Morgan fingerprint density at radius 3 is 2.06 bits per heavy atom. The average Bonchev–Trinajstić information content (AvgIpc) is 3.02. The number of hydrogen-bond acceptors (Lipinski definition) is 4. The molecule has 1 aliphatic heterocycles. The Labute approximate surface area is 279 Å². The molecule has 1 unspecified atom stereocenters. The van der Waals surface area contributed by atoms with Gasteiger partial charge in [0.1, 0.15) is 0 Å². The Balaban J connectivity index is 1.43. The molecule has 14 heteroatoms. The number of carbonyl (C=O) groups is 2. The highest BCUT2D eigenvalue weighted by molar-refractivity contribution is 6.42. The van der Waals surface area contributed by atoms with Crippen LogP contribution in [0.15, 0.2) is 66.7 Å². The fourth-order valence-electron chi connectivity index (χ4n) is 5.61. The number of halogens is 8. The summed E-state index contributed by atoms with van der Waals surface area (Å²) in [4.78, 5) is 29.7. The van der Waals surface area contributed by atoms with Crippen molar-refractivity contribution in [1.29, 1.82) is 0 Å². The minimum absolute atomic E-state index is 0.0215. The molecule has 2 amide bonds. The van der Waals surface area contributed by atoms with Crippen molar-refractivity contribution < 1.29 is 35.9 Å². The number of nitrogens with one attached hydrogen (secondary N) is 2. The zero-order valence-electron chi connectivity index (χ0n) is 25.4. The topological polar surface area (TPSA) is 64.7 Å². The second kappa shape index (κ2) is 15.7. The molecule has 47 heavy (non-hydrogen) atoms. The molecule has 0 aromatic heterocycles. The maximum Gasteiger partial charge on any atom is 0.416 e. The summed E-state index contributed by atoms with van der Waals surface area (Å²) < 4.78 is 80.1. The van der Waals surface area contributed by atoms with Crippen LogP contribution in [0.4, 0.5) is 26.3 Å². The Bertz CT molecular complexity index is 1500. The van der Waals surface area contributed by atoms with Gasteiger partial charge in [-0.05, 0) is 54.3 Å². The monoisotopic (exact) mass is 702 g/mol. The number of likely N-dealkylation sites (tertiary alicyclic amines) is 1. The Morgan fingerprint density at radius 1 is 0.894 bits per heavy atom. The van der Waals surface area contributed by atoms with Crippen molar-refractivity contribution in [3.63, 3.8) is 0 Å². The lowest BCUT2D eigenvalue weighted by molar-refractivity contribution is -0.143. The summed E-state index contributed by atoms with van der Waals surface area (Å²) in [6.07, 6.45) is -8.62. The highest BCUT2D eigenvalue weighted by atomic mass is 35.5. The molecule has 2 N–H and O–H groups in total. The van der Waals surface area contributed by atoms with Crippen molar-refractivity contribution in [2.45, 2.75) is 50.7 Å². The van der Waals surface area contributed by atoms with Crippen LogP contribution >= 0.6 is 23.2 Å². The molecule has 0 spiro atoms. The van der Waals surface area contributed by atoms with Gasteiger partial charge in [0.15, 0.2) is 0 Å². The van der Waals surface area contributed by atoms with Crippen LogP contribution in [0.5, 0.6) is 0 Å². The van der Waals surface area contributed by atoms with Crippen molar-refractivity contribution in [3.8, 4) is 0 Å². The quantitative estimate of drug-likeness (QED) is 0.202. The molecule has 6 nitrogen and oxygen atoms in total. The van der Waals surface area contributed by atoms with Crippen molar-refractivity contribution in [3.05, 3.63) is 105 Å². The number of nitrogens with zero attached hydrogens (tertiary/aromatic N) is 2. The Hall–Kier alpha value is -3.32. The van der Waals surface area contributed by atoms with Gasteiger partial charge in [-0.15, -0.1) is 0 Å². The van der Waals surface area contributed by atoms with Crippen LogP contribution in [0.2, 0.25) is 10.0 Å². The molecule has 3 aromatic rings. The first kappa shape index (κ1) is 36.5. The number of amides is 2. The Kier molecular flexibility index (Phi) is 12.2. The molecule has 4 rings (SSSR count). The molecule has 0 saturated carbocycles. The SMILES string of the molecule is CC(=O)N(CCNC(CNC(=O)c1cc(C(F)(F)F)cc(C(F)(F)F)c1)c1ccc(Cl)c(Cl)c1)C1CCN(Cc2ccccc2)CC1. The third kappa shape index (κ3) is 10.3. The zero-order chi connectivity index (χ0) is 34.4. The van der Waals surface area contributed by atoms with Crippen LogP contribution in [0.25, 0.3) is 0 Å². The summed E-state index contributed by atoms with van der Waals surface area (Å²) in [5, 5.41) is 6.16. The van der Waals surface area contributed by atoms with Crippen LogP contribution < -0.4 is 10.6 Å². The number of rotatable bonds is 11. The standard InChI is InChI=1S/C33H34Cl2F6N4O2/c1-21(46)45(27-9-12-44(13-10-27)20-22-5-3-2-4-6-22)14-11-42-30(23-7-8-28(34)29(35)17-23)19-43-31(47)24-15-25(32(36,37)38)18-26(16-24)33(39,40)41/h2-8,15-18,27,30,42H,9-14,19-20H2,1H3,(H,43,47). The average molecular weight is 704 g/mol. The van der Waals surface area contributed by atoms with Crippen LogP contribution in [0, 0.1) is 0 Å². The predicted octanol–water partition coefficient (Wildman–Crippen LogP) is 7.60.